The first-order chi connectivity index (χ1) is 11.0. The van der Waals surface area contributed by atoms with Crippen LogP contribution in [0, 0.1) is 11.6 Å². The van der Waals surface area contributed by atoms with Crippen LogP contribution in [0.2, 0.25) is 0 Å². The molecule has 0 unspecified atom stereocenters. The highest BCUT2D eigenvalue weighted by atomic mass is 32.1. The lowest BCUT2D eigenvalue weighted by Crippen LogP contribution is -2.25. The zero-order chi connectivity index (χ0) is 16.8. The van der Waals surface area contributed by atoms with Gasteiger partial charge in [-0.05, 0) is 43.4 Å². The fourth-order valence-electron chi connectivity index (χ4n) is 1.84. The highest BCUT2D eigenvalue weighted by molar-refractivity contribution is 7.80. The van der Waals surface area contributed by atoms with E-state index in [1.54, 1.807) is 26.2 Å². The van der Waals surface area contributed by atoms with Crippen molar-refractivity contribution >= 4 is 28.7 Å². The molecule has 2 aromatic rings. The molecule has 0 amide bonds. The molecule has 23 heavy (non-hydrogen) atoms. The Kier molecular flexibility index (Phi) is 5.59. The topological polar surface area (TPSA) is 45.6 Å². The Morgan fingerprint density at radius 1 is 1.17 bits per heavy atom. The SMILES string of the molecule is COc1cccc(NC(=S)N/N=C(\C)c2ccc(F)cc2F)c1. The smallest absolute Gasteiger partial charge is 0.191 e. The number of hydrogen-bond acceptors (Lipinski definition) is 3. The van der Waals surface area contributed by atoms with Crippen LogP contribution < -0.4 is 15.5 Å². The lowest BCUT2D eigenvalue weighted by molar-refractivity contribution is 0.415. The van der Waals surface area contributed by atoms with Gasteiger partial charge in [-0.1, -0.05) is 6.07 Å². The number of rotatable bonds is 4. The lowest BCUT2D eigenvalue weighted by atomic mass is 10.1. The van der Waals surface area contributed by atoms with Crippen LogP contribution in [-0.2, 0) is 0 Å². The molecule has 0 atom stereocenters. The van der Waals surface area contributed by atoms with E-state index < -0.39 is 11.6 Å². The van der Waals surface area contributed by atoms with Gasteiger partial charge in [-0.3, -0.25) is 5.43 Å². The summed E-state index contributed by atoms with van der Waals surface area (Å²) in [5.41, 5.74) is 3.88. The van der Waals surface area contributed by atoms with E-state index in [2.05, 4.69) is 15.8 Å². The maximum atomic E-state index is 13.6. The van der Waals surface area contributed by atoms with Gasteiger partial charge in [0.25, 0.3) is 0 Å². The van der Waals surface area contributed by atoms with Crippen LogP contribution in [0.4, 0.5) is 14.5 Å². The summed E-state index contributed by atoms with van der Waals surface area (Å²) in [7, 11) is 1.57. The van der Waals surface area contributed by atoms with Crippen molar-refractivity contribution in [1.29, 1.82) is 0 Å². The number of anilines is 1. The Balaban J connectivity index is 2.02. The summed E-state index contributed by atoms with van der Waals surface area (Å²) in [6.07, 6.45) is 0. The van der Waals surface area contributed by atoms with Crippen molar-refractivity contribution in [2.75, 3.05) is 12.4 Å². The van der Waals surface area contributed by atoms with Gasteiger partial charge < -0.3 is 10.1 Å². The molecule has 0 aromatic heterocycles. The molecule has 0 aliphatic carbocycles. The fraction of sp³-hybridized carbons (Fsp3) is 0.125. The van der Waals surface area contributed by atoms with E-state index in [0.29, 0.717) is 11.5 Å². The van der Waals surface area contributed by atoms with Gasteiger partial charge in [0.2, 0.25) is 0 Å². The van der Waals surface area contributed by atoms with Crippen LogP contribution in [0.15, 0.2) is 47.6 Å². The number of hydrazone groups is 1. The summed E-state index contributed by atoms with van der Waals surface area (Å²) < 4.78 is 31.6. The summed E-state index contributed by atoms with van der Waals surface area (Å²) in [6.45, 7) is 1.59. The van der Waals surface area contributed by atoms with Crippen LogP contribution in [0.1, 0.15) is 12.5 Å². The standard InChI is InChI=1S/C16H15F2N3OS/c1-10(14-7-6-11(17)8-15(14)18)20-21-16(23)19-12-4-3-5-13(9-12)22-2/h3-9H,1-2H3,(H2,19,21,23)/b20-10+. The van der Waals surface area contributed by atoms with Crippen LogP contribution in [0.5, 0.6) is 5.75 Å². The largest absolute Gasteiger partial charge is 0.497 e. The van der Waals surface area contributed by atoms with E-state index in [9.17, 15) is 8.78 Å². The third-order valence-corrected chi connectivity index (χ3v) is 3.17. The van der Waals surface area contributed by atoms with Gasteiger partial charge in [-0.2, -0.15) is 5.10 Å². The number of benzene rings is 2. The van der Waals surface area contributed by atoms with E-state index in [1.807, 2.05) is 12.1 Å². The van der Waals surface area contributed by atoms with Gasteiger partial charge in [0, 0.05) is 23.4 Å². The molecule has 0 aliphatic rings. The van der Waals surface area contributed by atoms with Gasteiger partial charge in [0.15, 0.2) is 5.11 Å². The Bertz CT molecular complexity index is 750. The third-order valence-electron chi connectivity index (χ3n) is 2.97. The van der Waals surface area contributed by atoms with Crippen molar-refractivity contribution in [3.8, 4) is 5.75 Å². The maximum Gasteiger partial charge on any atom is 0.191 e. The molecule has 120 valence electrons. The van der Waals surface area contributed by atoms with Crippen molar-refractivity contribution in [2.45, 2.75) is 6.92 Å². The Morgan fingerprint density at radius 2 is 1.96 bits per heavy atom. The second-order valence-corrected chi connectivity index (χ2v) is 5.03. The Labute approximate surface area is 138 Å². The Morgan fingerprint density at radius 3 is 2.65 bits per heavy atom. The molecule has 0 spiro atoms. The predicted octanol–water partition coefficient (Wildman–Crippen LogP) is 3.68. The van der Waals surface area contributed by atoms with Gasteiger partial charge >= 0.3 is 0 Å². The van der Waals surface area contributed by atoms with Gasteiger partial charge in [-0.25, -0.2) is 8.78 Å². The second kappa shape index (κ2) is 7.64. The van der Waals surface area contributed by atoms with E-state index in [0.717, 1.165) is 11.8 Å². The minimum Gasteiger partial charge on any atom is -0.497 e. The lowest BCUT2D eigenvalue weighted by Gasteiger charge is -2.09. The molecular formula is C16H15F2N3OS. The van der Waals surface area contributed by atoms with Crippen LogP contribution in [0.25, 0.3) is 0 Å². The van der Waals surface area contributed by atoms with Crippen molar-refractivity contribution in [3.63, 3.8) is 0 Å². The summed E-state index contributed by atoms with van der Waals surface area (Å²) >= 11 is 5.11. The normalized spacial score (nSPS) is 11.0. The van der Waals surface area contributed by atoms with E-state index in [-0.39, 0.29) is 10.7 Å². The van der Waals surface area contributed by atoms with Crippen LogP contribution in [0.3, 0.4) is 0 Å². The molecule has 4 nitrogen and oxygen atoms in total. The van der Waals surface area contributed by atoms with Crippen molar-refractivity contribution in [2.24, 2.45) is 5.10 Å². The monoisotopic (exact) mass is 335 g/mol. The molecule has 0 bridgehead atoms. The maximum absolute atomic E-state index is 13.6. The first-order valence-corrected chi connectivity index (χ1v) is 7.11. The van der Waals surface area contributed by atoms with Crippen LogP contribution in [-0.4, -0.2) is 17.9 Å². The quantitative estimate of drug-likeness (QED) is 0.508. The summed E-state index contributed by atoms with van der Waals surface area (Å²) in [5, 5.41) is 7.16. The number of hydrogen-bond donors (Lipinski definition) is 2. The summed E-state index contributed by atoms with van der Waals surface area (Å²) in [4.78, 5) is 0. The fourth-order valence-corrected chi connectivity index (χ4v) is 2.00. The van der Waals surface area contributed by atoms with Gasteiger partial charge in [0.1, 0.15) is 17.4 Å². The first kappa shape index (κ1) is 16.8. The zero-order valence-electron chi connectivity index (χ0n) is 12.6. The molecular weight excluding hydrogens is 320 g/mol. The van der Waals surface area contributed by atoms with Gasteiger partial charge in [0.05, 0.1) is 12.8 Å². The molecule has 0 radical (unpaired) electrons. The summed E-state index contributed by atoms with van der Waals surface area (Å²) in [6, 6.07) is 10.5. The molecule has 0 fully saturated rings. The summed E-state index contributed by atoms with van der Waals surface area (Å²) in [5.74, 6) is -0.632. The van der Waals surface area contributed by atoms with E-state index in [1.165, 1.54) is 12.1 Å². The molecule has 0 saturated carbocycles. The molecule has 0 heterocycles. The number of nitrogens with one attached hydrogen (secondary N) is 2. The number of thiocarbonyl (C=S) groups is 1. The second-order valence-electron chi connectivity index (χ2n) is 4.62. The minimum absolute atomic E-state index is 0.197. The molecule has 2 N–H and O–H groups in total. The van der Waals surface area contributed by atoms with E-state index >= 15 is 0 Å². The first-order valence-electron chi connectivity index (χ1n) is 6.70. The number of methoxy groups -OCH3 is 1. The number of halogens is 2. The zero-order valence-corrected chi connectivity index (χ0v) is 13.4. The average molecular weight is 335 g/mol. The highest BCUT2D eigenvalue weighted by Gasteiger charge is 2.07. The highest BCUT2D eigenvalue weighted by Crippen LogP contribution is 2.16. The molecule has 7 heteroatoms. The third kappa shape index (κ3) is 4.72. The minimum atomic E-state index is -0.681. The van der Waals surface area contributed by atoms with Crippen LogP contribution >= 0.6 is 12.2 Å². The van der Waals surface area contributed by atoms with Gasteiger partial charge in [-0.15, -0.1) is 0 Å². The predicted molar refractivity (Wildman–Crippen MR) is 90.9 cm³/mol. The molecule has 2 rings (SSSR count). The van der Waals surface area contributed by atoms with E-state index in [4.69, 9.17) is 17.0 Å². The number of ether oxygens (including phenoxy) is 1. The molecule has 2 aromatic carbocycles. The van der Waals surface area contributed by atoms with Crippen molar-refractivity contribution in [3.05, 3.63) is 59.7 Å². The Hall–Kier alpha value is -2.54. The average Bonchev–Trinajstić information content (AvgIpc) is 2.53. The van der Waals surface area contributed by atoms with Crippen molar-refractivity contribution < 1.29 is 13.5 Å². The number of nitrogens with zero attached hydrogens (tertiary/aromatic N) is 1. The van der Waals surface area contributed by atoms with Crippen molar-refractivity contribution in [1.82, 2.24) is 5.43 Å². The molecule has 0 saturated heterocycles. The molecule has 0 aliphatic heterocycles.